The fourth-order valence-corrected chi connectivity index (χ4v) is 4.24. The van der Waals surface area contributed by atoms with Gasteiger partial charge in [-0.05, 0) is 42.7 Å². The third kappa shape index (κ3) is 2.42. The lowest BCUT2D eigenvalue weighted by molar-refractivity contribution is -0.0111. The van der Waals surface area contributed by atoms with Crippen LogP contribution in [0, 0.1) is 18.3 Å². The zero-order valence-electron chi connectivity index (χ0n) is 10.8. The second kappa shape index (κ2) is 5.09. The van der Waals surface area contributed by atoms with Crippen molar-refractivity contribution in [3.63, 3.8) is 0 Å². The average molecular weight is 253 g/mol. The summed E-state index contributed by atoms with van der Waals surface area (Å²) in [6.07, 6.45) is 4.21. The molecule has 2 rings (SSSR count). The highest BCUT2D eigenvalue weighted by Gasteiger charge is 2.41. The van der Waals surface area contributed by atoms with Crippen LogP contribution in [0.1, 0.15) is 49.2 Å². The van der Waals surface area contributed by atoms with Crippen LogP contribution < -0.4 is 5.73 Å². The molecule has 1 aromatic heterocycles. The van der Waals surface area contributed by atoms with Gasteiger partial charge in [0.15, 0.2) is 0 Å². The van der Waals surface area contributed by atoms with E-state index in [-0.39, 0.29) is 11.5 Å². The lowest BCUT2D eigenvalue weighted by atomic mass is 9.66. The topological polar surface area (TPSA) is 46.2 Å². The van der Waals surface area contributed by atoms with E-state index >= 15 is 0 Å². The van der Waals surface area contributed by atoms with Gasteiger partial charge < -0.3 is 10.8 Å². The van der Waals surface area contributed by atoms with Crippen LogP contribution in [0.15, 0.2) is 11.4 Å². The highest BCUT2D eigenvalue weighted by molar-refractivity contribution is 7.10. The van der Waals surface area contributed by atoms with Crippen LogP contribution in [0.4, 0.5) is 0 Å². The predicted octanol–water partition coefficient (Wildman–Crippen LogP) is 3.25. The van der Waals surface area contributed by atoms with Crippen LogP contribution in [-0.4, -0.2) is 11.7 Å². The summed E-state index contributed by atoms with van der Waals surface area (Å²) in [5, 5.41) is 12.8. The molecule has 1 heterocycles. The van der Waals surface area contributed by atoms with Gasteiger partial charge in [0, 0.05) is 16.8 Å². The SMILES string of the molecule is Cc1ccsc1C(O)C1(CN)CCCC(C)C1. The fraction of sp³-hybridized carbons (Fsp3) is 0.714. The second-order valence-electron chi connectivity index (χ2n) is 5.64. The molecule has 0 spiro atoms. The molecule has 1 aliphatic rings. The number of thiophene rings is 1. The zero-order valence-corrected chi connectivity index (χ0v) is 11.6. The van der Waals surface area contributed by atoms with Crippen molar-refractivity contribution >= 4 is 11.3 Å². The van der Waals surface area contributed by atoms with Crippen LogP contribution in [0.2, 0.25) is 0 Å². The molecule has 0 bridgehead atoms. The number of aliphatic hydroxyl groups is 1. The van der Waals surface area contributed by atoms with Crippen molar-refractivity contribution in [3.8, 4) is 0 Å². The van der Waals surface area contributed by atoms with Gasteiger partial charge in [-0.3, -0.25) is 0 Å². The van der Waals surface area contributed by atoms with E-state index in [1.807, 2.05) is 0 Å². The van der Waals surface area contributed by atoms with Crippen LogP contribution in [-0.2, 0) is 0 Å². The molecule has 1 aliphatic carbocycles. The van der Waals surface area contributed by atoms with E-state index in [0.29, 0.717) is 12.5 Å². The Balaban J connectivity index is 2.26. The third-order valence-electron chi connectivity index (χ3n) is 4.26. The van der Waals surface area contributed by atoms with Crippen LogP contribution in [0.3, 0.4) is 0 Å². The standard InChI is InChI=1S/C14H23NOS/c1-10-4-3-6-14(8-10,9-15)13(16)12-11(2)5-7-17-12/h5,7,10,13,16H,3-4,6,8-9,15H2,1-2H3. The molecule has 0 aromatic carbocycles. The van der Waals surface area contributed by atoms with Crippen LogP contribution in [0.25, 0.3) is 0 Å². The van der Waals surface area contributed by atoms with Gasteiger partial charge in [-0.15, -0.1) is 11.3 Å². The molecule has 17 heavy (non-hydrogen) atoms. The summed E-state index contributed by atoms with van der Waals surface area (Å²) in [5.41, 5.74) is 7.11. The van der Waals surface area contributed by atoms with Crippen molar-refractivity contribution in [2.45, 2.75) is 45.6 Å². The Morgan fingerprint density at radius 2 is 2.41 bits per heavy atom. The van der Waals surface area contributed by atoms with Gasteiger partial charge in [-0.1, -0.05) is 19.8 Å². The Kier molecular flexibility index (Phi) is 3.91. The molecule has 2 nitrogen and oxygen atoms in total. The quantitative estimate of drug-likeness (QED) is 0.868. The molecule has 1 aromatic rings. The first-order valence-corrected chi connectivity index (χ1v) is 7.39. The zero-order chi connectivity index (χ0) is 12.5. The maximum absolute atomic E-state index is 10.7. The molecule has 0 radical (unpaired) electrons. The minimum Gasteiger partial charge on any atom is -0.387 e. The van der Waals surface area contributed by atoms with Crippen molar-refractivity contribution in [2.24, 2.45) is 17.1 Å². The van der Waals surface area contributed by atoms with E-state index in [1.54, 1.807) is 11.3 Å². The van der Waals surface area contributed by atoms with Crippen molar-refractivity contribution in [1.82, 2.24) is 0 Å². The van der Waals surface area contributed by atoms with E-state index in [9.17, 15) is 5.11 Å². The Bertz CT molecular complexity index is 376. The average Bonchev–Trinajstić information content (AvgIpc) is 2.74. The molecule has 3 N–H and O–H groups in total. The Morgan fingerprint density at radius 1 is 1.65 bits per heavy atom. The summed E-state index contributed by atoms with van der Waals surface area (Å²) in [6, 6.07) is 2.08. The first-order valence-electron chi connectivity index (χ1n) is 6.51. The number of hydrogen-bond donors (Lipinski definition) is 2. The minimum absolute atomic E-state index is 0.0900. The molecule has 3 atom stereocenters. The molecule has 0 amide bonds. The lowest BCUT2D eigenvalue weighted by Crippen LogP contribution is -2.40. The lowest BCUT2D eigenvalue weighted by Gasteiger charge is -2.42. The Hall–Kier alpha value is -0.380. The number of aliphatic hydroxyl groups excluding tert-OH is 1. The summed E-state index contributed by atoms with van der Waals surface area (Å²) >= 11 is 1.66. The Labute approximate surface area is 108 Å². The normalized spacial score (nSPS) is 31.4. The number of rotatable bonds is 3. The van der Waals surface area contributed by atoms with E-state index in [1.165, 1.54) is 18.4 Å². The van der Waals surface area contributed by atoms with Crippen LogP contribution >= 0.6 is 11.3 Å². The molecule has 1 saturated carbocycles. The van der Waals surface area contributed by atoms with Gasteiger partial charge in [0.25, 0.3) is 0 Å². The first-order chi connectivity index (χ1) is 8.09. The van der Waals surface area contributed by atoms with Crippen LogP contribution in [0.5, 0.6) is 0 Å². The summed E-state index contributed by atoms with van der Waals surface area (Å²) in [4.78, 5) is 1.12. The van der Waals surface area contributed by atoms with Gasteiger partial charge in [0.1, 0.15) is 0 Å². The fourth-order valence-electron chi connectivity index (χ4n) is 3.19. The summed E-state index contributed by atoms with van der Waals surface area (Å²) in [6.45, 7) is 4.94. The van der Waals surface area contributed by atoms with Gasteiger partial charge in [-0.25, -0.2) is 0 Å². The van der Waals surface area contributed by atoms with E-state index in [2.05, 4.69) is 25.3 Å². The summed E-state index contributed by atoms with van der Waals surface area (Å²) in [5.74, 6) is 0.683. The molecule has 96 valence electrons. The van der Waals surface area contributed by atoms with Gasteiger partial charge >= 0.3 is 0 Å². The highest BCUT2D eigenvalue weighted by atomic mass is 32.1. The van der Waals surface area contributed by atoms with Gasteiger partial charge in [0.2, 0.25) is 0 Å². The molecule has 0 aliphatic heterocycles. The summed E-state index contributed by atoms with van der Waals surface area (Å²) < 4.78 is 0. The van der Waals surface area contributed by atoms with Crippen molar-refractivity contribution in [2.75, 3.05) is 6.54 Å². The van der Waals surface area contributed by atoms with E-state index in [0.717, 1.165) is 17.7 Å². The molecule has 3 unspecified atom stereocenters. The van der Waals surface area contributed by atoms with E-state index < -0.39 is 0 Å². The third-order valence-corrected chi connectivity index (χ3v) is 5.33. The smallest absolute Gasteiger partial charge is 0.0952 e. The largest absolute Gasteiger partial charge is 0.387 e. The highest BCUT2D eigenvalue weighted by Crippen LogP contribution is 2.48. The molecular weight excluding hydrogens is 230 g/mol. The number of aryl methyl sites for hydroxylation is 1. The van der Waals surface area contributed by atoms with E-state index in [4.69, 9.17) is 5.73 Å². The second-order valence-corrected chi connectivity index (χ2v) is 6.59. The van der Waals surface area contributed by atoms with Crippen molar-refractivity contribution in [1.29, 1.82) is 0 Å². The van der Waals surface area contributed by atoms with Gasteiger partial charge in [-0.2, -0.15) is 0 Å². The Morgan fingerprint density at radius 3 is 2.94 bits per heavy atom. The maximum atomic E-state index is 10.7. The maximum Gasteiger partial charge on any atom is 0.0952 e. The number of hydrogen-bond acceptors (Lipinski definition) is 3. The monoisotopic (exact) mass is 253 g/mol. The number of nitrogens with two attached hydrogens (primary N) is 1. The molecule has 1 fully saturated rings. The van der Waals surface area contributed by atoms with Gasteiger partial charge in [0.05, 0.1) is 6.10 Å². The minimum atomic E-state index is -0.379. The van der Waals surface area contributed by atoms with Crippen molar-refractivity contribution < 1.29 is 5.11 Å². The first kappa shape index (κ1) is 13.1. The predicted molar refractivity (Wildman–Crippen MR) is 73.1 cm³/mol. The molecule has 0 saturated heterocycles. The molecular formula is C14H23NOS. The van der Waals surface area contributed by atoms with Crippen molar-refractivity contribution in [3.05, 3.63) is 21.9 Å². The molecule has 3 heteroatoms. The summed E-state index contributed by atoms with van der Waals surface area (Å²) in [7, 11) is 0.